The monoisotopic (exact) mass is 204 g/mol. The maximum atomic E-state index is 10.7. The molecule has 0 fully saturated rings. The lowest BCUT2D eigenvalue weighted by atomic mass is 10.1. The summed E-state index contributed by atoms with van der Waals surface area (Å²) in [6.07, 6.45) is 1.36. The molecular weight excluding hydrogens is 196 g/mol. The van der Waals surface area contributed by atoms with Gasteiger partial charge in [0.25, 0.3) is 0 Å². The molecule has 1 aromatic heterocycles. The Hall–Kier alpha value is -2.37. The lowest BCUT2D eigenvalue weighted by Gasteiger charge is -2.02. The highest BCUT2D eigenvalue weighted by Crippen LogP contribution is 2.22. The zero-order valence-electron chi connectivity index (χ0n) is 7.64. The molecule has 0 saturated carbocycles. The molecule has 0 spiro atoms. The van der Waals surface area contributed by atoms with Crippen molar-refractivity contribution in [1.29, 1.82) is 0 Å². The van der Waals surface area contributed by atoms with Gasteiger partial charge in [-0.3, -0.25) is 5.10 Å². The first-order valence-corrected chi connectivity index (χ1v) is 4.17. The predicted molar refractivity (Wildman–Crippen MR) is 53.2 cm³/mol. The van der Waals surface area contributed by atoms with Crippen molar-refractivity contribution in [2.45, 2.75) is 0 Å². The van der Waals surface area contributed by atoms with Crippen LogP contribution in [0.1, 0.15) is 10.4 Å². The summed E-state index contributed by atoms with van der Waals surface area (Å²) in [6, 6.07) is 4.45. The molecule has 2 rings (SSSR count). The number of hydrogen-bond donors (Lipinski definition) is 3. The van der Waals surface area contributed by atoms with E-state index in [9.17, 15) is 4.79 Å². The van der Waals surface area contributed by atoms with E-state index < -0.39 is 5.97 Å². The number of rotatable bonds is 2. The van der Waals surface area contributed by atoms with E-state index >= 15 is 0 Å². The van der Waals surface area contributed by atoms with Crippen molar-refractivity contribution < 1.29 is 9.90 Å². The van der Waals surface area contributed by atoms with Crippen LogP contribution in [0.2, 0.25) is 0 Å². The van der Waals surface area contributed by atoms with Gasteiger partial charge in [-0.15, -0.1) is 0 Å². The quantitative estimate of drug-likeness (QED) is 0.626. The molecule has 15 heavy (non-hydrogen) atoms. The largest absolute Gasteiger partial charge is 0.478 e. The fraction of sp³-hybridized carbons (Fsp3) is 0. The van der Waals surface area contributed by atoms with Crippen molar-refractivity contribution in [2.75, 3.05) is 5.73 Å². The summed E-state index contributed by atoms with van der Waals surface area (Å²) in [5, 5.41) is 15.1. The Labute approximate surface area is 84.8 Å². The van der Waals surface area contributed by atoms with Gasteiger partial charge in [-0.05, 0) is 18.2 Å². The van der Waals surface area contributed by atoms with Crippen LogP contribution in [0.5, 0.6) is 0 Å². The van der Waals surface area contributed by atoms with Gasteiger partial charge in [0, 0.05) is 11.3 Å². The van der Waals surface area contributed by atoms with Crippen molar-refractivity contribution in [3.63, 3.8) is 0 Å². The molecule has 0 aliphatic heterocycles. The minimum absolute atomic E-state index is 0.149. The number of hydrogen-bond acceptors (Lipinski definition) is 4. The van der Waals surface area contributed by atoms with Crippen LogP contribution in [-0.2, 0) is 0 Å². The van der Waals surface area contributed by atoms with E-state index in [1.165, 1.54) is 18.5 Å². The lowest BCUT2D eigenvalue weighted by Crippen LogP contribution is -1.99. The van der Waals surface area contributed by atoms with Gasteiger partial charge in [0.2, 0.25) is 0 Å². The molecule has 0 saturated heterocycles. The number of aromatic nitrogens is 3. The van der Waals surface area contributed by atoms with Gasteiger partial charge in [-0.2, -0.15) is 5.10 Å². The number of nitrogens with one attached hydrogen (secondary N) is 1. The molecule has 0 atom stereocenters. The first kappa shape index (κ1) is 9.20. The fourth-order valence-corrected chi connectivity index (χ4v) is 1.25. The van der Waals surface area contributed by atoms with Gasteiger partial charge in [0.05, 0.1) is 5.56 Å². The first-order valence-electron chi connectivity index (χ1n) is 4.17. The molecule has 2 aromatic rings. The summed E-state index contributed by atoms with van der Waals surface area (Å²) < 4.78 is 0. The molecule has 0 unspecified atom stereocenters. The number of aromatic carboxylic acids is 1. The number of anilines is 1. The van der Waals surface area contributed by atoms with Gasteiger partial charge in [-0.1, -0.05) is 0 Å². The molecule has 1 aromatic carbocycles. The molecule has 0 amide bonds. The summed E-state index contributed by atoms with van der Waals surface area (Å²) in [4.78, 5) is 14.6. The van der Waals surface area contributed by atoms with E-state index in [0.29, 0.717) is 17.1 Å². The number of aromatic amines is 1. The van der Waals surface area contributed by atoms with Gasteiger partial charge >= 0.3 is 5.97 Å². The van der Waals surface area contributed by atoms with E-state index in [1.807, 2.05) is 0 Å². The van der Waals surface area contributed by atoms with Crippen molar-refractivity contribution >= 4 is 11.7 Å². The van der Waals surface area contributed by atoms with E-state index in [0.717, 1.165) is 0 Å². The zero-order valence-corrected chi connectivity index (χ0v) is 7.64. The number of nitrogens with two attached hydrogens (primary N) is 1. The highest BCUT2D eigenvalue weighted by atomic mass is 16.4. The molecule has 4 N–H and O–H groups in total. The summed E-state index contributed by atoms with van der Waals surface area (Å²) in [5.74, 6) is -0.491. The van der Waals surface area contributed by atoms with Crippen LogP contribution >= 0.6 is 0 Å². The third-order valence-corrected chi connectivity index (χ3v) is 1.97. The van der Waals surface area contributed by atoms with Crippen molar-refractivity contribution in [3.05, 3.63) is 30.1 Å². The molecule has 1 heterocycles. The number of carbonyl (C=O) groups is 1. The average Bonchev–Trinajstić information content (AvgIpc) is 2.70. The number of nitrogens with zero attached hydrogens (tertiary/aromatic N) is 2. The number of carboxylic acid groups (broad SMARTS) is 1. The molecule has 0 radical (unpaired) electrons. The van der Waals surface area contributed by atoms with Gasteiger partial charge in [-0.25, -0.2) is 9.78 Å². The summed E-state index contributed by atoms with van der Waals surface area (Å²) >= 11 is 0. The second-order valence-corrected chi connectivity index (χ2v) is 2.94. The van der Waals surface area contributed by atoms with Crippen LogP contribution in [-0.4, -0.2) is 26.3 Å². The first-order chi connectivity index (χ1) is 7.18. The third-order valence-electron chi connectivity index (χ3n) is 1.97. The highest BCUT2D eigenvalue weighted by Gasteiger charge is 2.09. The minimum atomic E-state index is -1.01. The minimum Gasteiger partial charge on any atom is -0.478 e. The van der Waals surface area contributed by atoms with Crippen LogP contribution in [0.3, 0.4) is 0 Å². The van der Waals surface area contributed by atoms with E-state index in [4.69, 9.17) is 10.8 Å². The normalized spacial score (nSPS) is 10.1. The fourth-order valence-electron chi connectivity index (χ4n) is 1.25. The molecule has 0 aliphatic rings. The predicted octanol–water partition coefficient (Wildman–Crippen LogP) is 0.752. The van der Waals surface area contributed by atoms with E-state index in [2.05, 4.69) is 15.2 Å². The lowest BCUT2D eigenvalue weighted by molar-refractivity contribution is 0.0697. The van der Waals surface area contributed by atoms with Crippen LogP contribution in [0, 0.1) is 0 Å². The van der Waals surface area contributed by atoms with Crippen LogP contribution in [0.25, 0.3) is 11.4 Å². The Kier molecular flexibility index (Phi) is 2.09. The smallest absolute Gasteiger partial charge is 0.335 e. The Morgan fingerprint density at radius 3 is 2.80 bits per heavy atom. The van der Waals surface area contributed by atoms with Crippen LogP contribution < -0.4 is 5.73 Å². The summed E-state index contributed by atoms with van der Waals surface area (Å²) in [7, 11) is 0. The van der Waals surface area contributed by atoms with Crippen LogP contribution in [0.4, 0.5) is 5.69 Å². The van der Waals surface area contributed by atoms with Crippen LogP contribution in [0.15, 0.2) is 24.5 Å². The number of H-pyrrole nitrogens is 1. The van der Waals surface area contributed by atoms with Gasteiger partial charge in [0.15, 0.2) is 5.82 Å². The SMILES string of the molecule is Nc1cc(C(=O)O)ccc1-c1ncn[nH]1. The second-order valence-electron chi connectivity index (χ2n) is 2.94. The van der Waals surface area contributed by atoms with E-state index in [1.54, 1.807) is 6.07 Å². The Balaban J connectivity index is 2.48. The Morgan fingerprint density at radius 1 is 1.47 bits per heavy atom. The second kappa shape index (κ2) is 3.41. The summed E-state index contributed by atoms with van der Waals surface area (Å²) in [6.45, 7) is 0. The number of benzene rings is 1. The molecule has 6 nitrogen and oxygen atoms in total. The van der Waals surface area contributed by atoms with Crippen molar-refractivity contribution in [2.24, 2.45) is 0 Å². The standard InChI is InChI=1S/C9H8N4O2/c10-7-3-5(9(14)15)1-2-6(7)8-11-4-12-13-8/h1-4H,10H2,(H,14,15)(H,11,12,13). The molecule has 6 heteroatoms. The maximum absolute atomic E-state index is 10.7. The molecule has 0 bridgehead atoms. The molecular formula is C9H8N4O2. The molecule has 76 valence electrons. The average molecular weight is 204 g/mol. The zero-order chi connectivity index (χ0) is 10.8. The third kappa shape index (κ3) is 1.64. The highest BCUT2D eigenvalue weighted by molar-refractivity contribution is 5.90. The van der Waals surface area contributed by atoms with Crippen molar-refractivity contribution in [1.82, 2.24) is 15.2 Å². The number of carboxylic acids is 1. The van der Waals surface area contributed by atoms with Crippen molar-refractivity contribution in [3.8, 4) is 11.4 Å². The van der Waals surface area contributed by atoms with Gasteiger partial charge < -0.3 is 10.8 Å². The summed E-state index contributed by atoms with van der Waals surface area (Å²) in [5.41, 5.74) is 6.84. The van der Waals surface area contributed by atoms with E-state index in [-0.39, 0.29) is 5.56 Å². The Bertz CT molecular complexity index is 493. The topological polar surface area (TPSA) is 105 Å². The maximum Gasteiger partial charge on any atom is 0.335 e. The van der Waals surface area contributed by atoms with Gasteiger partial charge in [0.1, 0.15) is 6.33 Å². The molecule has 0 aliphatic carbocycles. The Morgan fingerprint density at radius 2 is 2.27 bits per heavy atom. The number of nitrogen functional groups attached to an aromatic ring is 1.